The van der Waals surface area contributed by atoms with Crippen LogP contribution in [-0.2, 0) is 10.0 Å². The zero-order valence-electron chi connectivity index (χ0n) is 14.4. The first-order valence-electron chi connectivity index (χ1n) is 7.89. The van der Waals surface area contributed by atoms with E-state index < -0.39 is 15.6 Å². The number of hydrogen-bond donors (Lipinski definition) is 2. The van der Waals surface area contributed by atoms with E-state index in [1.165, 1.54) is 12.1 Å². The molecule has 136 valence electrons. The van der Waals surface area contributed by atoms with E-state index in [4.69, 9.17) is 23.2 Å². The summed E-state index contributed by atoms with van der Waals surface area (Å²) in [6.07, 6.45) is 0. The number of benzene rings is 2. The van der Waals surface area contributed by atoms with Crippen LogP contribution in [0.1, 0.15) is 32.4 Å². The van der Waals surface area contributed by atoms with Crippen molar-refractivity contribution in [1.29, 1.82) is 0 Å². The largest absolute Gasteiger partial charge is 0.304 e. The second-order valence-corrected chi connectivity index (χ2v) is 9.05. The lowest BCUT2D eigenvalue weighted by molar-refractivity contribution is 0.346. The fraction of sp³-hybridized carbons (Fsp3) is 0.333. The lowest BCUT2D eigenvalue weighted by atomic mass is 10.0. The van der Waals surface area contributed by atoms with Crippen molar-refractivity contribution in [3.63, 3.8) is 0 Å². The smallest absolute Gasteiger partial charge is 0.243 e. The topological polar surface area (TPSA) is 58.2 Å². The summed E-state index contributed by atoms with van der Waals surface area (Å²) in [6, 6.07) is 14.7. The predicted molar refractivity (Wildman–Crippen MR) is 104 cm³/mol. The zero-order valence-corrected chi connectivity index (χ0v) is 16.7. The van der Waals surface area contributed by atoms with E-state index in [9.17, 15) is 8.42 Å². The molecule has 25 heavy (non-hydrogen) atoms. The summed E-state index contributed by atoms with van der Waals surface area (Å²) >= 11 is 12.0. The van der Waals surface area contributed by atoms with E-state index in [1.807, 2.05) is 51.1 Å². The second-order valence-electron chi connectivity index (χ2n) is 6.54. The zero-order chi connectivity index (χ0) is 18.7. The molecule has 4 nitrogen and oxygen atoms in total. The Morgan fingerprint density at radius 2 is 1.56 bits per heavy atom. The molecule has 0 aromatic heterocycles. The minimum Gasteiger partial charge on any atom is -0.304 e. The van der Waals surface area contributed by atoms with Gasteiger partial charge in [0.25, 0.3) is 0 Å². The monoisotopic (exact) mass is 400 g/mol. The molecule has 0 saturated carbocycles. The number of rotatable bonds is 7. The van der Waals surface area contributed by atoms with Gasteiger partial charge in [0, 0.05) is 18.1 Å². The number of sulfonamides is 1. The van der Waals surface area contributed by atoms with Crippen molar-refractivity contribution in [2.24, 2.45) is 0 Å². The highest BCUT2D eigenvalue weighted by atomic mass is 35.5. The van der Waals surface area contributed by atoms with Crippen molar-refractivity contribution in [3.05, 3.63) is 64.1 Å². The van der Waals surface area contributed by atoms with E-state index >= 15 is 0 Å². The molecule has 2 rings (SSSR count). The Hall–Kier alpha value is -1.11. The molecular formula is C18H22Cl2N2O2S. The number of hydrogen-bond acceptors (Lipinski definition) is 3. The molecule has 0 spiro atoms. The Morgan fingerprint density at radius 1 is 1.00 bits per heavy atom. The molecule has 2 N–H and O–H groups in total. The average molecular weight is 401 g/mol. The molecule has 0 fully saturated rings. The van der Waals surface area contributed by atoms with Crippen LogP contribution >= 0.6 is 23.2 Å². The summed E-state index contributed by atoms with van der Waals surface area (Å²) in [7, 11) is -3.81. The van der Waals surface area contributed by atoms with Gasteiger partial charge in [0.05, 0.1) is 10.0 Å². The van der Waals surface area contributed by atoms with Gasteiger partial charge in [-0.25, -0.2) is 13.1 Å². The van der Waals surface area contributed by atoms with Gasteiger partial charge in [0.2, 0.25) is 10.0 Å². The number of nitrogens with one attached hydrogen (secondary N) is 2. The van der Waals surface area contributed by atoms with Gasteiger partial charge in [-0.1, -0.05) is 59.6 Å². The van der Waals surface area contributed by atoms with Crippen LogP contribution in [0, 0.1) is 0 Å². The van der Waals surface area contributed by atoms with Crippen molar-refractivity contribution in [2.45, 2.75) is 37.2 Å². The maximum Gasteiger partial charge on any atom is 0.243 e. The van der Waals surface area contributed by atoms with Crippen LogP contribution in [-0.4, -0.2) is 20.5 Å². The molecule has 0 radical (unpaired) electrons. The predicted octanol–water partition coefficient (Wildman–Crippen LogP) is 4.40. The van der Waals surface area contributed by atoms with E-state index in [1.54, 1.807) is 6.07 Å². The molecule has 0 bridgehead atoms. The summed E-state index contributed by atoms with van der Waals surface area (Å²) in [5, 5.41) is 3.63. The Balaban J connectivity index is 2.08. The standard InChI is InChI=1S/C18H22Cl2N2O2S/c1-13(14-8-5-4-6-9-14)22-18(2,3)12-21-25(23,24)17-15(19)10-7-11-16(17)20/h4-11,13,21-22H,12H2,1-3H3. The summed E-state index contributed by atoms with van der Waals surface area (Å²) < 4.78 is 27.7. The van der Waals surface area contributed by atoms with Gasteiger partial charge >= 0.3 is 0 Å². The van der Waals surface area contributed by atoms with Gasteiger partial charge in [-0.15, -0.1) is 0 Å². The lowest BCUT2D eigenvalue weighted by Crippen LogP contribution is -2.49. The molecule has 0 saturated heterocycles. The number of halogens is 2. The van der Waals surface area contributed by atoms with E-state index in [0.717, 1.165) is 5.56 Å². The molecule has 7 heteroatoms. The van der Waals surface area contributed by atoms with Crippen LogP contribution < -0.4 is 10.0 Å². The minimum absolute atomic E-state index is 0.0737. The van der Waals surface area contributed by atoms with Gasteiger partial charge < -0.3 is 5.32 Å². The highest BCUT2D eigenvalue weighted by molar-refractivity contribution is 7.89. The highest BCUT2D eigenvalue weighted by Crippen LogP contribution is 2.29. The third-order valence-electron chi connectivity index (χ3n) is 3.80. The molecule has 1 atom stereocenters. The second kappa shape index (κ2) is 8.06. The first-order valence-corrected chi connectivity index (χ1v) is 10.1. The van der Waals surface area contributed by atoms with Gasteiger partial charge in [-0.05, 0) is 38.5 Å². The van der Waals surface area contributed by atoms with Crippen molar-refractivity contribution in [2.75, 3.05) is 6.54 Å². The minimum atomic E-state index is -3.81. The maximum absolute atomic E-state index is 12.6. The van der Waals surface area contributed by atoms with Crippen molar-refractivity contribution in [3.8, 4) is 0 Å². The van der Waals surface area contributed by atoms with E-state index in [2.05, 4.69) is 10.0 Å². The summed E-state index contributed by atoms with van der Waals surface area (Å²) in [4.78, 5) is -0.0924. The fourth-order valence-electron chi connectivity index (χ4n) is 2.55. The average Bonchev–Trinajstić information content (AvgIpc) is 2.53. The molecular weight excluding hydrogens is 379 g/mol. The summed E-state index contributed by atoms with van der Waals surface area (Å²) in [6.45, 7) is 6.09. The first kappa shape index (κ1) is 20.2. The molecule has 0 amide bonds. The van der Waals surface area contributed by atoms with Gasteiger partial charge in [0.1, 0.15) is 4.90 Å². The highest BCUT2D eigenvalue weighted by Gasteiger charge is 2.26. The van der Waals surface area contributed by atoms with Crippen LogP contribution in [0.25, 0.3) is 0 Å². The van der Waals surface area contributed by atoms with Crippen LogP contribution in [0.3, 0.4) is 0 Å². The molecule has 0 aliphatic carbocycles. The van der Waals surface area contributed by atoms with E-state index in [0.29, 0.717) is 0 Å². The summed E-state index contributed by atoms with van der Waals surface area (Å²) in [5.41, 5.74) is 0.656. The Bertz CT molecular complexity index is 804. The molecule has 0 heterocycles. The lowest BCUT2D eigenvalue weighted by Gasteiger charge is -2.31. The van der Waals surface area contributed by atoms with Crippen molar-refractivity contribution < 1.29 is 8.42 Å². The quantitative estimate of drug-likeness (QED) is 0.723. The third-order valence-corrected chi connectivity index (χ3v) is 6.15. The first-order chi connectivity index (χ1) is 11.6. The molecule has 2 aromatic carbocycles. The van der Waals surface area contributed by atoms with Gasteiger partial charge in [-0.3, -0.25) is 0 Å². The summed E-state index contributed by atoms with van der Waals surface area (Å²) in [5.74, 6) is 0. The van der Waals surface area contributed by atoms with Crippen LogP contribution in [0.4, 0.5) is 0 Å². The Morgan fingerprint density at radius 3 is 2.12 bits per heavy atom. The molecule has 1 unspecified atom stereocenters. The van der Waals surface area contributed by atoms with Crippen LogP contribution in [0.5, 0.6) is 0 Å². The van der Waals surface area contributed by atoms with Gasteiger partial charge in [0.15, 0.2) is 0 Å². The molecule has 0 aliphatic heterocycles. The normalized spacial score (nSPS) is 13.6. The van der Waals surface area contributed by atoms with Crippen LogP contribution in [0.2, 0.25) is 10.0 Å². The van der Waals surface area contributed by atoms with E-state index in [-0.39, 0.29) is 27.5 Å². The van der Waals surface area contributed by atoms with Crippen molar-refractivity contribution >= 4 is 33.2 Å². The fourth-order valence-corrected chi connectivity index (χ4v) is 4.90. The molecule has 2 aromatic rings. The maximum atomic E-state index is 12.6. The Labute approximate surface area is 159 Å². The van der Waals surface area contributed by atoms with Crippen LogP contribution in [0.15, 0.2) is 53.4 Å². The molecule has 0 aliphatic rings. The van der Waals surface area contributed by atoms with Crippen molar-refractivity contribution in [1.82, 2.24) is 10.0 Å². The van der Waals surface area contributed by atoms with Gasteiger partial charge in [-0.2, -0.15) is 0 Å². The Kier molecular flexibility index (Phi) is 6.51. The SMILES string of the molecule is CC(NC(C)(C)CNS(=O)(=O)c1c(Cl)cccc1Cl)c1ccccc1. The third kappa shape index (κ3) is 5.43.